The summed E-state index contributed by atoms with van der Waals surface area (Å²) in [6.45, 7) is -30.2. The number of imidazole rings is 1. The van der Waals surface area contributed by atoms with Crippen LogP contribution in [0.5, 0.6) is 11.5 Å². The van der Waals surface area contributed by atoms with Gasteiger partial charge in [0.15, 0.2) is 11.0 Å². The third-order valence-corrected chi connectivity index (χ3v) is 13.1. The van der Waals surface area contributed by atoms with Gasteiger partial charge in [0.25, 0.3) is 6.33 Å². The van der Waals surface area contributed by atoms with Crippen LogP contribution in [0, 0.1) is 12.1 Å². The van der Waals surface area contributed by atoms with Gasteiger partial charge in [0.05, 0.1) is 8.22 Å². The van der Waals surface area contributed by atoms with E-state index in [9.17, 15) is 19.2 Å². The Hall–Kier alpha value is -6.55. The predicted molar refractivity (Wildman–Crippen MR) is 301 cm³/mol. The standard InChI is InChI=1S/C68H67N4O.Pt/c1-64(2,3)46-32-37-69-62(40-46)72-58-23-13-12-20-52(58)53-29-28-49(42-61(53)72)73-48-19-16-18-47(41-48)70-43-71(60-25-15-14-24-59(60)70)63-50(44-26-30-54-56(38-44)67(8,9)35-33-65(54,4)5)21-17-22-51(63)45-27-31-55-57(39-45)68(10,11)36-34-66(55,6)7;/h12-32,37-40,43H,33-36H2,1-11H3;/q-1;+2/i4D3,5D3,6D3,7D3,8D3,9D3,10D3,11D3,26D,27D,30D,31D,33D2,34D2,35D2,36D2,38D,39D;. The van der Waals surface area contributed by atoms with Gasteiger partial charge in [-0.15, -0.1) is 29.7 Å². The van der Waals surface area contributed by atoms with Crippen molar-refractivity contribution in [1.82, 2.24) is 14.1 Å². The Kier molecular flexibility index (Phi) is 5.38. The van der Waals surface area contributed by atoms with Crippen LogP contribution in [-0.4, -0.2) is 14.1 Å². The number of hydrogen-bond donors (Lipinski definition) is 0. The van der Waals surface area contributed by atoms with Gasteiger partial charge in [-0.05, 0) is 127 Å². The van der Waals surface area contributed by atoms with Gasteiger partial charge >= 0.3 is 21.1 Å². The summed E-state index contributed by atoms with van der Waals surface area (Å²) in [5.74, 6) is 0.704. The van der Waals surface area contributed by atoms with Crippen LogP contribution in [0.3, 0.4) is 0 Å². The minimum absolute atomic E-state index is 0. The smallest absolute Gasteiger partial charge is 0.509 e. The van der Waals surface area contributed by atoms with Gasteiger partial charge in [-0.3, -0.25) is 0 Å². The third-order valence-electron chi connectivity index (χ3n) is 13.1. The number of fused-ring (bicyclic) bond motifs is 6. The second-order valence-corrected chi connectivity index (χ2v) is 19.1. The van der Waals surface area contributed by atoms with Gasteiger partial charge in [-0.1, -0.05) is 172 Å². The van der Waals surface area contributed by atoms with Crippen LogP contribution in [0.1, 0.15) is 181 Å². The van der Waals surface area contributed by atoms with Crippen LogP contribution in [0.4, 0.5) is 0 Å². The van der Waals surface area contributed by atoms with Crippen molar-refractivity contribution in [3.05, 3.63) is 198 Å². The summed E-state index contributed by atoms with van der Waals surface area (Å²) in [6, 6.07) is 24.1. The summed E-state index contributed by atoms with van der Waals surface area (Å²) in [6.07, 6.45) is -16.4. The van der Waals surface area contributed by atoms with Crippen molar-refractivity contribution in [3.8, 4) is 50.9 Å². The van der Waals surface area contributed by atoms with Crippen molar-refractivity contribution in [3.63, 3.8) is 0 Å². The summed E-state index contributed by atoms with van der Waals surface area (Å²) in [5.41, 5.74) is -29.4. The molecule has 0 spiro atoms. The van der Waals surface area contributed by atoms with Gasteiger partial charge in [0.1, 0.15) is 11.5 Å². The first-order valence-corrected chi connectivity index (χ1v) is 23.0. The fourth-order valence-corrected chi connectivity index (χ4v) is 9.45. The van der Waals surface area contributed by atoms with Gasteiger partial charge in [0, 0.05) is 83.9 Å². The zero-order valence-corrected chi connectivity index (χ0v) is 41.8. The molecule has 0 fully saturated rings. The molecule has 374 valence electrons. The zero-order chi connectivity index (χ0) is 83.2. The van der Waals surface area contributed by atoms with E-state index in [1.54, 1.807) is 12.3 Å². The fraction of sp³-hybridized carbons (Fsp3) is 0.294. The molecule has 0 saturated heterocycles. The first-order valence-electron chi connectivity index (χ1n) is 42.0. The summed E-state index contributed by atoms with van der Waals surface area (Å²) in [4.78, 5) is 4.74. The number of nitrogens with zero attached hydrogens (tertiary/aromatic N) is 4. The Morgan fingerprint density at radius 3 is 1.84 bits per heavy atom. The van der Waals surface area contributed by atoms with Crippen molar-refractivity contribution in [2.45, 2.75) is 128 Å². The maximum absolute atomic E-state index is 10.4. The third kappa shape index (κ3) is 8.35. The summed E-state index contributed by atoms with van der Waals surface area (Å²) < 4.78 is 363. The Morgan fingerprint density at radius 2 is 1.20 bits per heavy atom. The normalized spacial score (nSPS) is 28.0. The Balaban J connectivity index is 0.0000124. The van der Waals surface area contributed by atoms with Crippen LogP contribution >= 0.6 is 0 Å². The van der Waals surface area contributed by atoms with Crippen LogP contribution in [-0.2, 0) is 48.1 Å². The van der Waals surface area contributed by atoms with Crippen molar-refractivity contribution >= 4 is 32.8 Å². The first-order chi connectivity index (χ1) is 50.4. The van der Waals surface area contributed by atoms with Crippen LogP contribution in [0.25, 0.3) is 72.3 Å². The van der Waals surface area contributed by atoms with E-state index in [1.165, 1.54) is 53.4 Å². The quantitative estimate of drug-likeness (QED) is 0.118. The van der Waals surface area contributed by atoms with Gasteiger partial charge in [-0.2, -0.15) is 16.7 Å². The minimum atomic E-state index is -4.84. The van der Waals surface area contributed by atoms with E-state index in [4.69, 9.17) is 42.6 Å². The molecule has 5 nitrogen and oxygen atoms in total. The molecule has 0 atom stereocenters. The second-order valence-electron chi connectivity index (χ2n) is 19.1. The molecule has 7 aromatic carbocycles. The zero-order valence-electron chi connectivity index (χ0n) is 77.6. The molecule has 0 unspecified atom stereocenters. The molecule has 6 heteroatoms. The second kappa shape index (κ2) is 17.8. The molecule has 74 heavy (non-hydrogen) atoms. The van der Waals surface area contributed by atoms with Crippen molar-refractivity contribution in [2.24, 2.45) is 0 Å². The van der Waals surface area contributed by atoms with E-state index in [1.807, 2.05) is 47.0 Å². The number of hydrogen-bond acceptors (Lipinski definition) is 2. The average Bonchev–Trinajstić information content (AvgIpc) is 0.674. The Bertz CT molecular complexity index is 5260. The van der Waals surface area contributed by atoms with Crippen LogP contribution in [0.15, 0.2) is 158 Å². The molecular weight excluding hydrogens is 1080 g/mol. The topological polar surface area (TPSA) is 35.9 Å². The molecule has 0 amide bonds. The van der Waals surface area contributed by atoms with E-state index in [2.05, 4.69) is 32.9 Å². The van der Waals surface area contributed by atoms with Crippen molar-refractivity contribution < 1.29 is 82.5 Å². The molecular formula is C68H67N4OPt+. The molecule has 0 N–H and O–H groups in total. The molecule has 2 aliphatic carbocycles. The molecule has 10 aromatic rings. The number of pyridine rings is 1. The molecule has 0 aliphatic heterocycles. The van der Waals surface area contributed by atoms with Crippen LogP contribution in [0.2, 0.25) is 0 Å². The largest absolute Gasteiger partial charge is 2.00 e. The van der Waals surface area contributed by atoms with Gasteiger partial charge < -0.3 is 9.30 Å². The molecule has 2 aliphatic rings. The maximum Gasteiger partial charge on any atom is 2.00 e. The monoisotopic (exact) mass is 1190 g/mol. The maximum atomic E-state index is 10.4. The predicted octanol–water partition coefficient (Wildman–Crippen LogP) is 17.1. The Labute approximate surface area is 505 Å². The summed E-state index contributed by atoms with van der Waals surface area (Å²) in [7, 11) is 0. The van der Waals surface area contributed by atoms with E-state index in [0.29, 0.717) is 11.3 Å². The first kappa shape index (κ1) is 22.3. The van der Waals surface area contributed by atoms with E-state index >= 15 is 0 Å². The molecule has 3 aromatic heterocycles. The SMILES string of the molecule is [2H]c1c([2H])c2c(c([2H])c1-c1cccc(-c3c([2H])c([2H])c4c(c3[2H])C(C([2H])([2H])[2H])(C([2H])([2H])[2H])C([2H])([2H])C([2H])([2H])C4(C([2H])([2H])[2H])C([2H])([2H])[2H])c1-[n+]1cn(-c3[c-]c(Oc4[c-]c5c(cc4)c4ccccc4n5-c4cc(C(C)(C)C)ccn4)ccc3)c3ccccc31)C(C([2H])([2H])[2H])(C([2H])([2H])[2H])C([2H])([2H])C([2H])([2H])C2(C([2H])([2H])[2H])C([2H])([2H])[2H].[Pt+2]. The van der Waals surface area contributed by atoms with Crippen molar-refractivity contribution in [2.75, 3.05) is 0 Å². The minimum Gasteiger partial charge on any atom is -0.509 e. The molecule has 3 heterocycles. The fourth-order valence-electron chi connectivity index (χ4n) is 9.45. The van der Waals surface area contributed by atoms with Crippen molar-refractivity contribution in [1.29, 1.82) is 0 Å². The average molecular weight is 1190 g/mol. The number of ether oxygens (including phenoxy) is 1. The molecule has 12 rings (SSSR count). The molecule has 0 bridgehead atoms. The van der Waals surface area contributed by atoms with Crippen LogP contribution < -0.4 is 9.30 Å². The summed E-state index contributed by atoms with van der Waals surface area (Å²) >= 11 is 0. The molecule has 0 radical (unpaired) electrons. The van der Waals surface area contributed by atoms with E-state index in [-0.39, 0.29) is 54.7 Å². The number of benzene rings is 7. The number of aromatic nitrogens is 4. The van der Waals surface area contributed by atoms with E-state index in [0.717, 1.165) is 44.6 Å². The summed E-state index contributed by atoms with van der Waals surface area (Å²) in [5, 5.41) is 1.62. The van der Waals surface area contributed by atoms with E-state index < -0.39 is 188 Å². The molecule has 0 saturated carbocycles. The number of para-hydroxylation sites is 4. The van der Waals surface area contributed by atoms with Gasteiger partial charge in [-0.25, -0.2) is 9.55 Å². The van der Waals surface area contributed by atoms with Gasteiger partial charge in [0.2, 0.25) is 0 Å². The Morgan fingerprint density at radius 1 is 0.622 bits per heavy atom. The number of rotatable bonds is 7.